The van der Waals surface area contributed by atoms with Crippen LogP contribution in [0.15, 0.2) is 0 Å². The summed E-state index contributed by atoms with van der Waals surface area (Å²) >= 11 is 0. The number of carboxylic acids is 1. The first-order valence-corrected chi connectivity index (χ1v) is 5.22. The Kier molecular flexibility index (Phi) is 3.88. The lowest BCUT2D eigenvalue weighted by atomic mass is 10.0. The van der Waals surface area contributed by atoms with Crippen molar-refractivity contribution in [2.75, 3.05) is 19.7 Å². The van der Waals surface area contributed by atoms with Crippen LogP contribution in [0.25, 0.3) is 0 Å². The van der Waals surface area contributed by atoms with Gasteiger partial charge in [-0.25, -0.2) is 0 Å². The Balaban J connectivity index is 2.57. The first-order valence-electron chi connectivity index (χ1n) is 5.22. The summed E-state index contributed by atoms with van der Waals surface area (Å²) < 4.78 is 5.27. The summed E-state index contributed by atoms with van der Waals surface area (Å²) in [4.78, 5) is 23.9. The van der Waals surface area contributed by atoms with E-state index >= 15 is 0 Å². The van der Waals surface area contributed by atoms with Crippen LogP contribution in [0.1, 0.15) is 20.3 Å². The second-order valence-corrected chi connectivity index (χ2v) is 4.56. The summed E-state index contributed by atoms with van der Waals surface area (Å²) in [6, 6.07) is 0. The monoisotopic (exact) mass is 230 g/mol. The normalized spacial score (nSPS) is 21.9. The molecule has 1 fully saturated rings. The maximum Gasteiger partial charge on any atom is 0.306 e. The van der Waals surface area contributed by atoms with Crippen molar-refractivity contribution in [1.82, 2.24) is 4.90 Å². The molecule has 16 heavy (non-hydrogen) atoms. The van der Waals surface area contributed by atoms with Gasteiger partial charge in [0, 0.05) is 13.1 Å². The average Bonchev–Trinajstić information content (AvgIpc) is 2.14. The fourth-order valence-electron chi connectivity index (χ4n) is 1.63. The van der Waals surface area contributed by atoms with Crippen LogP contribution in [0.3, 0.4) is 0 Å². The van der Waals surface area contributed by atoms with E-state index < -0.39 is 17.6 Å². The lowest BCUT2D eigenvalue weighted by Crippen LogP contribution is -2.56. The van der Waals surface area contributed by atoms with E-state index in [1.54, 1.807) is 18.7 Å². The zero-order chi connectivity index (χ0) is 12.3. The minimum absolute atomic E-state index is 0.0885. The van der Waals surface area contributed by atoms with Crippen LogP contribution in [0.2, 0.25) is 0 Å². The molecule has 0 aromatic heterocycles. The number of nitrogens with two attached hydrogens (primary N) is 1. The fourth-order valence-corrected chi connectivity index (χ4v) is 1.63. The number of carbonyl (C=O) groups is 2. The van der Waals surface area contributed by atoms with Crippen LogP contribution in [0.5, 0.6) is 0 Å². The van der Waals surface area contributed by atoms with Crippen molar-refractivity contribution in [3.8, 4) is 0 Å². The van der Waals surface area contributed by atoms with Gasteiger partial charge in [0.25, 0.3) is 0 Å². The molecule has 92 valence electrons. The van der Waals surface area contributed by atoms with Gasteiger partial charge in [0.2, 0.25) is 5.91 Å². The van der Waals surface area contributed by atoms with Crippen LogP contribution < -0.4 is 5.73 Å². The van der Waals surface area contributed by atoms with E-state index in [0.29, 0.717) is 19.7 Å². The molecule has 1 saturated heterocycles. The lowest BCUT2D eigenvalue weighted by Gasteiger charge is -2.35. The van der Waals surface area contributed by atoms with Crippen LogP contribution in [0, 0.1) is 0 Å². The van der Waals surface area contributed by atoms with Crippen molar-refractivity contribution in [1.29, 1.82) is 0 Å². The summed E-state index contributed by atoms with van der Waals surface area (Å²) in [7, 11) is 0. The molecular weight excluding hydrogens is 212 g/mol. The van der Waals surface area contributed by atoms with Crippen LogP contribution >= 0.6 is 0 Å². The van der Waals surface area contributed by atoms with E-state index in [-0.39, 0.29) is 12.3 Å². The van der Waals surface area contributed by atoms with Crippen LogP contribution in [0.4, 0.5) is 0 Å². The maximum absolute atomic E-state index is 11.8. The van der Waals surface area contributed by atoms with Gasteiger partial charge >= 0.3 is 5.97 Å². The Labute approximate surface area is 94.3 Å². The number of rotatable bonds is 3. The Morgan fingerprint density at radius 2 is 2.19 bits per heavy atom. The molecule has 1 aliphatic heterocycles. The molecule has 0 radical (unpaired) electrons. The summed E-state index contributed by atoms with van der Waals surface area (Å²) in [6.07, 6.45) is -0.521. The second kappa shape index (κ2) is 4.80. The van der Waals surface area contributed by atoms with Crippen molar-refractivity contribution in [3.05, 3.63) is 0 Å². The molecule has 1 heterocycles. The molecule has 0 spiro atoms. The summed E-state index contributed by atoms with van der Waals surface area (Å²) in [5.41, 5.74) is 4.78. The number of carbonyl (C=O) groups excluding carboxylic acids is 1. The van der Waals surface area contributed by atoms with Crippen molar-refractivity contribution < 1.29 is 19.4 Å². The molecular formula is C10H18N2O4. The zero-order valence-electron chi connectivity index (χ0n) is 9.60. The van der Waals surface area contributed by atoms with Gasteiger partial charge in [-0.05, 0) is 13.8 Å². The molecule has 1 aliphatic rings. The van der Waals surface area contributed by atoms with Crippen molar-refractivity contribution >= 4 is 11.9 Å². The molecule has 0 saturated carbocycles. The quantitative estimate of drug-likeness (QED) is 0.677. The number of morpholine rings is 1. The molecule has 1 amide bonds. The fraction of sp³-hybridized carbons (Fsp3) is 0.800. The summed E-state index contributed by atoms with van der Waals surface area (Å²) in [6.45, 7) is 4.40. The predicted octanol–water partition coefficient (Wildman–Crippen LogP) is -0.574. The molecule has 1 atom stereocenters. The van der Waals surface area contributed by atoms with Gasteiger partial charge in [0.15, 0.2) is 0 Å². The highest BCUT2D eigenvalue weighted by molar-refractivity contribution is 5.85. The van der Waals surface area contributed by atoms with Crippen LogP contribution in [-0.4, -0.2) is 53.2 Å². The minimum Gasteiger partial charge on any atom is -0.481 e. The van der Waals surface area contributed by atoms with E-state index in [1.807, 2.05) is 0 Å². The Morgan fingerprint density at radius 1 is 1.56 bits per heavy atom. The van der Waals surface area contributed by atoms with Gasteiger partial charge in [-0.2, -0.15) is 0 Å². The van der Waals surface area contributed by atoms with E-state index in [1.165, 1.54) is 0 Å². The highest BCUT2D eigenvalue weighted by Crippen LogP contribution is 2.12. The first kappa shape index (κ1) is 12.9. The largest absolute Gasteiger partial charge is 0.481 e. The third-order valence-corrected chi connectivity index (χ3v) is 2.38. The second-order valence-electron chi connectivity index (χ2n) is 4.56. The summed E-state index contributed by atoms with van der Waals surface area (Å²) in [5, 5.41) is 8.64. The van der Waals surface area contributed by atoms with Crippen molar-refractivity contribution in [2.24, 2.45) is 5.73 Å². The molecule has 0 aromatic rings. The van der Waals surface area contributed by atoms with Crippen molar-refractivity contribution in [2.45, 2.75) is 31.9 Å². The zero-order valence-corrected chi connectivity index (χ0v) is 9.60. The van der Waals surface area contributed by atoms with E-state index in [2.05, 4.69) is 0 Å². The Hall–Kier alpha value is -1.14. The van der Waals surface area contributed by atoms with E-state index in [0.717, 1.165) is 0 Å². The van der Waals surface area contributed by atoms with Gasteiger partial charge in [0.1, 0.15) is 0 Å². The molecule has 0 bridgehead atoms. The smallest absolute Gasteiger partial charge is 0.306 e. The molecule has 1 rings (SSSR count). The molecule has 6 heteroatoms. The van der Waals surface area contributed by atoms with Crippen LogP contribution in [-0.2, 0) is 14.3 Å². The van der Waals surface area contributed by atoms with Gasteiger partial charge in [-0.3, -0.25) is 9.59 Å². The van der Waals surface area contributed by atoms with Gasteiger partial charge < -0.3 is 20.5 Å². The third-order valence-electron chi connectivity index (χ3n) is 2.38. The van der Waals surface area contributed by atoms with Gasteiger partial charge in [-0.1, -0.05) is 0 Å². The SMILES string of the molecule is CC(C)(N)C(=O)N1CCOC(CC(=O)O)C1. The standard InChI is InChI=1S/C10H18N2O4/c1-10(2,11)9(15)12-3-4-16-7(6-12)5-8(13)14/h7H,3-6,11H2,1-2H3,(H,13,14). The lowest BCUT2D eigenvalue weighted by molar-refractivity contribution is -0.149. The highest BCUT2D eigenvalue weighted by Gasteiger charge is 2.32. The topological polar surface area (TPSA) is 92.9 Å². The Morgan fingerprint density at radius 3 is 2.69 bits per heavy atom. The third kappa shape index (κ3) is 3.46. The number of hydrogen-bond acceptors (Lipinski definition) is 4. The molecule has 0 aromatic carbocycles. The number of hydrogen-bond donors (Lipinski definition) is 2. The number of aliphatic carboxylic acids is 1. The number of carboxylic acid groups (broad SMARTS) is 1. The molecule has 3 N–H and O–H groups in total. The van der Waals surface area contributed by atoms with E-state index in [9.17, 15) is 9.59 Å². The highest BCUT2D eigenvalue weighted by atomic mass is 16.5. The molecule has 0 aliphatic carbocycles. The molecule has 1 unspecified atom stereocenters. The van der Waals surface area contributed by atoms with E-state index in [4.69, 9.17) is 15.6 Å². The molecule has 6 nitrogen and oxygen atoms in total. The Bertz CT molecular complexity index is 285. The summed E-state index contributed by atoms with van der Waals surface area (Å²) in [5.74, 6) is -1.10. The number of amides is 1. The van der Waals surface area contributed by atoms with Gasteiger partial charge in [0.05, 0.1) is 24.7 Å². The van der Waals surface area contributed by atoms with Crippen molar-refractivity contribution in [3.63, 3.8) is 0 Å². The maximum atomic E-state index is 11.8. The number of nitrogens with zero attached hydrogens (tertiary/aromatic N) is 1. The first-order chi connectivity index (χ1) is 7.30. The average molecular weight is 230 g/mol. The minimum atomic E-state index is -0.925. The number of ether oxygens (including phenoxy) is 1. The van der Waals surface area contributed by atoms with Gasteiger partial charge in [-0.15, -0.1) is 0 Å². The predicted molar refractivity (Wildman–Crippen MR) is 56.8 cm³/mol.